The van der Waals surface area contributed by atoms with Gasteiger partial charge in [-0.05, 0) is 50.7 Å². The maximum absolute atomic E-state index is 4.44. The zero-order valence-electron chi connectivity index (χ0n) is 11.2. The zero-order chi connectivity index (χ0) is 12.5. The third-order valence-electron chi connectivity index (χ3n) is 3.87. The van der Waals surface area contributed by atoms with E-state index in [1.807, 2.05) is 0 Å². The second-order valence-corrected chi connectivity index (χ2v) is 5.33. The minimum atomic E-state index is 0.913. The molecule has 3 rings (SSSR count). The van der Waals surface area contributed by atoms with Crippen molar-refractivity contribution in [3.8, 4) is 0 Å². The summed E-state index contributed by atoms with van der Waals surface area (Å²) in [4.78, 5) is 4.44. The quantitative estimate of drug-likeness (QED) is 0.786. The Hall–Kier alpha value is -1.57. The fraction of sp³-hybridized carbons (Fsp3) is 0.438. The second kappa shape index (κ2) is 4.60. The molecule has 2 nitrogen and oxygen atoms in total. The highest BCUT2D eigenvalue weighted by Crippen LogP contribution is 2.21. The summed E-state index contributed by atoms with van der Waals surface area (Å²) in [5.41, 5.74) is 6.74. The smallest absolute Gasteiger partial charge is 0.177 e. The lowest BCUT2D eigenvalue weighted by molar-refractivity contribution is 0.627. The Morgan fingerprint density at radius 1 is 1.22 bits per heavy atom. The SMILES string of the molecule is Cc1ccc(C)c(Cn2[c]nc3c2CCCC3)c1. The largest absolute Gasteiger partial charge is 0.321 e. The normalized spacial score (nSPS) is 14.6. The zero-order valence-corrected chi connectivity index (χ0v) is 11.2. The van der Waals surface area contributed by atoms with Crippen LogP contribution in [0.5, 0.6) is 0 Å². The maximum atomic E-state index is 4.44. The van der Waals surface area contributed by atoms with Crippen LogP contribution in [0.1, 0.15) is 40.9 Å². The number of hydrogen-bond donors (Lipinski definition) is 0. The maximum Gasteiger partial charge on any atom is 0.177 e. The third kappa shape index (κ3) is 2.07. The van der Waals surface area contributed by atoms with Gasteiger partial charge in [0.05, 0.1) is 5.69 Å². The van der Waals surface area contributed by atoms with Crippen molar-refractivity contribution in [1.29, 1.82) is 0 Å². The van der Waals surface area contributed by atoms with Gasteiger partial charge < -0.3 is 4.57 Å². The molecule has 0 fully saturated rings. The Bertz CT molecular complexity index is 566. The molecule has 1 aromatic carbocycles. The average Bonchev–Trinajstić information content (AvgIpc) is 2.78. The summed E-state index contributed by atoms with van der Waals surface area (Å²) in [7, 11) is 0. The summed E-state index contributed by atoms with van der Waals surface area (Å²) in [6.07, 6.45) is 8.04. The molecule has 0 aliphatic heterocycles. The summed E-state index contributed by atoms with van der Waals surface area (Å²) in [5, 5.41) is 0. The van der Waals surface area contributed by atoms with Crippen molar-refractivity contribution >= 4 is 0 Å². The minimum Gasteiger partial charge on any atom is -0.321 e. The molecule has 18 heavy (non-hydrogen) atoms. The number of aromatic nitrogens is 2. The van der Waals surface area contributed by atoms with Crippen LogP contribution in [0.2, 0.25) is 0 Å². The molecule has 1 aliphatic carbocycles. The first kappa shape index (κ1) is 11.5. The molecule has 1 heterocycles. The van der Waals surface area contributed by atoms with E-state index in [1.165, 1.54) is 40.9 Å². The van der Waals surface area contributed by atoms with Crippen LogP contribution in [-0.2, 0) is 19.4 Å². The standard InChI is InChI=1S/C16H19N2/c1-12-7-8-13(2)14(9-12)10-18-11-17-15-5-3-4-6-16(15)18/h7-9H,3-6,10H2,1-2H3. The van der Waals surface area contributed by atoms with E-state index < -0.39 is 0 Å². The molecule has 0 N–H and O–H groups in total. The summed E-state index contributed by atoms with van der Waals surface area (Å²) in [6, 6.07) is 6.65. The van der Waals surface area contributed by atoms with Crippen LogP contribution < -0.4 is 0 Å². The number of aryl methyl sites for hydroxylation is 3. The van der Waals surface area contributed by atoms with Crippen molar-refractivity contribution in [2.45, 2.75) is 46.1 Å². The molecule has 0 atom stereocenters. The molecular formula is C16H19N2. The molecule has 1 radical (unpaired) electrons. The molecule has 1 aliphatic rings. The Balaban J connectivity index is 1.92. The van der Waals surface area contributed by atoms with Crippen molar-refractivity contribution in [2.24, 2.45) is 0 Å². The van der Waals surface area contributed by atoms with Crippen molar-refractivity contribution in [3.63, 3.8) is 0 Å². The third-order valence-corrected chi connectivity index (χ3v) is 3.87. The fourth-order valence-electron chi connectivity index (χ4n) is 2.74. The number of imidazole rings is 1. The lowest BCUT2D eigenvalue weighted by atomic mass is 10.0. The van der Waals surface area contributed by atoms with E-state index in [-0.39, 0.29) is 0 Å². The van der Waals surface area contributed by atoms with Gasteiger partial charge in [-0.25, -0.2) is 4.98 Å². The first-order valence-electron chi connectivity index (χ1n) is 6.76. The van der Waals surface area contributed by atoms with Crippen LogP contribution in [-0.4, -0.2) is 9.55 Å². The molecule has 0 spiro atoms. The van der Waals surface area contributed by atoms with Gasteiger partial charge in [0.15, 0.2) is 6.33 Å². The van der Waals surface area contributed by atoms with Crippen LogP contribution >= 0.6 is 0 Å². The monoisotopic (exact) mass is 239 g/mol. The van der Waals surface area contributed by atoms with Crippen molar-refractivity contribution in [1.82, 2.24) is 9.55 Å². The first-order valence-corrected chi connectivity index (χ1v) is 6.76. The number of benzene rings is 1. The number of nitrogens with zero attached hydrogens (tertiary/aromatic N) is 2. The number of fused-ring (bicyclic) bond motifs is 1. The van der Waals surface area contributed by atoms with E-state index >= 15 is 0 Å². The molecule has 1 aromatic heterocycles. The van der Waals surface area contributed by atoms with Gasteiger partial charge in [-0.3, -0.25) is 0 Å². The Kier molecular flexibility index (Phi) is 2.94. The van der Waals surface area contributed by atoms with Gasteiger partial charge in [-0.2, -0.15) is 0 Å². The van der Waals surface area contributed by atoms with Crippen LogP contribution in [0.15, 0.2) is 18.2 Å². The molecule has 0 bridgehead atoms. The van der Waals surface area contributed by atoms with Gasteiger partial charge in [0.25, 0.3) is 0 Å². The molecule has 2 heteroatoms. The lowest BCUT2D eigenvalue weighted by Crippen LogP contribution is -2.09. The van der Waals surface area contributed by atoms with Crippen LogP contribution in [0, 0.1) is 20.2 Å². The van der Waals surface area contributed by atoms with Crippen LogP contribution in [0.25, 0.3) is 0 Å². The number of rotatable bonds is 2. The summed E-state index contributed by atoms with van der Waals surface area (Å²) in [5.74, 6) is 0. The Morgan fingerprint density at radius 2 is 2.06 bits per heavy atom. The van der Waals surface area contributed by atoms with Crippen molar-refractivity contribution in [2.75, 3.05) is 0 Å². The molecule has 0 saturated carbocycles. The van der Waals surface area contributed by atoms with E-state index in [1.54, 1.807) is 0 Å². The number of hydrogen-bond acceptors (Lipinski definition) is 1. The summed E-state index contributed by atoms with van der Waals surface area (Å²) in [6.45, 7) is 5.24. The van der Waals surface area contributed by atoms with E-state index in [0.717, 1.165) is 19.4 Å². The van der Waals surface area contributed by atoms with E-state index in [2.05, 4.69) is 47.9 Å². The minimum absolute atomic E-state index is 0.913. The highest BCUT2D eigenvalue weighted by molar-refractivity contribution is 5.31. The lowest BCUT2D eigenvalue weighted by Gasteiger charge is -2.15. The highest BCUT2D eigenvalue weighted by Gasteiger charge is 2.15. The molecule has 0 amide bonds. The molecular weight excluding hydrogens is 220 g/mol. The molecule has 2 aromatic rings. The highest BCUT2D eigenvalue weighted by atomic mass is 15.1. The van der Waals surface area contributed by atoms with Gasteiger partial charge >= 0.3 is 0 Å². The Morgan fingerprint density at radius 3 is 2.94 bits per heavy atom. The topological polar surface area (TPSA) is 17.8 Å². The first-order chi connectivity index (χ1) is 8.74. The van der Waals surface area contributed by atoms with Crippen LogP contribution in [0.4, 0.5) is 0 Å². The van der Waals surface area contributed by atoms with Crippen LogP contribution in [0.3, 0.4) is 0 Å². The second-order valence-electron chi connectivity index (χ2n) is 5.33. The summed E-state index contributed by atoms with van der Waals surface area (Å²) < 4.78 is 2.22. The molecule has 0 unspecified atom stereocenters. The van der Waals surface area contributed by atoms with Gasteiger partial charge in [-0.1, -0.05) is 23.8 Å². The van der Waals surface area contributed by atoms with Gasteiger partial charge in [0, 0.05) is 12.2 Å². The Labute approximate surface area is 109 Å². The van der Waals surface area contributed by atoms with Gasteiger partial charge in [0.1, 0.15) is 0 Å². The van der Waals surface area contributed by atoms with Gasteiger partial charge in [-0.15, -0.1) is 0 Å². The van der Waals surface area contributed by atoms with Crippen molar-refractivity contribution in [3.05, 3.63) is 52.6 Å². The van der Waals surface area contributed by atoms with E-state index in [4.69, 9.17) is 0 Å². The summed E-state index contributed by atoms with van der Waals surface area (Å²) >= 11 is 0. The predicted molar refractivity (Wildman–Crippen MR) is 72.7 cm³/mol. The van der Waals surface area contributed by atoms with Crippen molar-refractivity contribution < 1.29 is 0 Å². The fourth-order valence-corrected chi connectivity index (χ4v) is 2.74. The van der Waals surface area contributed by atoms with E-state index in [0.29, 0.717) is 0 Å². The molecule has 93 valence electrons. The van der Waals surface area contributed by atoms with E-state index in [9.17, 15) is 0 Å². The molecule has 0 saturated heterocycles. The predicted octanol–water partition coefficient (Wildman–Crippen LogP) is 3.23. The van der Waals surface area contributed by atoms with Gasteiger partial charge in [0.2, 0.25) is 0 Å². The average molecular weight is 239 g/mol.